The van der Waals surface area contributed by atoms with Gasteiger partial charge >= 0.3 is 5.97 Å². The highest BCUT2D eigenvalue weighted by Gasteiger charge is 2.36. The van der Waals surface area contributed by atoms with Gasteiger partial charge < -0.3 is 9.84 Å². The van der Waals surface area contributed by atoms with Crippen LogP contribution >= 0.6 is 11.8 Å². The number of rotatable bonds is 4. The Morgan fingerprint density at radius 2 is 2.00 bits per heavy atom. The number of hydrogen-bond acceptors (Lipinski definition) is 6. The molecule has 7 heteroatoms. The van der Waals surface area contributed by atoms with Crippen molar-refractivity contribution in [3.8, 4) is 5.75 Å². The quantitative estimate of drug-likeness (QED) is 0.676. The molecule has 0 aliphatic carbocycles. The largest absolute Gasteiger partial charge is 0.508 e. The van der Waals surface area contributed by atoms with E-state index in [2.05, 4.69) is 0 Å². The monoisotopic (exact) mass is 307 g/mol. The van der Waals surface area contributed by atoms with Crippen LogP contribution in [0.1, 0.15) is 12.5 Å². The summed E-state index contributed by atoms with van der Waals surface area (Å²) >= 11 is 0.769. The van der Waals surface area contributed by atoms with Gasteiger partial charge in [-0.15, -0.1) is 0 Å². The maximum atomic E-state index is 12.1. The number of thioether (sulfide) groups is 1. The Bertz CT molecular complexity index is 608. The lowest BCUT2D eigenvalue weighted by Crippen LogP contribution is -2.34. The Kier molecular flexibility index (Phi) is 4.64. The average molecular weight is 307 g/mol. The molecule has 1 aromatic rings. The maximum absolute atomic E-state index is 12.1. The second kappa shape index (κ2) is 6.45. The second-order valence-corrected chi connectivity index (χ2v) is 5.16. The molecule has 1 aromatic carbocycles. The van der Waals surface area contributed by atoms with Crippen LogP contribution in [-0.4, -0.2) is 40.3 Å². The van der Waals surface area contributed by atoms with E-state index in [1.165, 1.54) is 18.2 Å². The first-order valence-corrected chi connectivity index (χ1v) is 7.03. The zero-order chi connectivity index (χ0) is 15.4. The van der Waals surface area contributed by atoms with Gasteiger partial charge in [0.25, 0.3) is 11.1 Å². The molecule has 0 bridgehead atoms. The van der Waals surface area contributed by atoms with Crippen molar-refractivity contribution >= 4 is 35.0 Å². The Morgan fingerprint density at radius 3 is 2.62 bits per heavy atom. The zero-order valence-electron chi connectivity index (χ0n) is 11.2. The molecule has 1 saturated heterocycles. The van der Waals surface area contributed by atoms with Crippen molar-refractivity contribution in [1.82, 2.24) is 4.90 Å². The van der Waals surface area contributed by atoms with Crippen LogP contribution in [0.15, 0.2) is 29.2 Å². The molecule has 1 fully saturated rings. The molecule has 2 amide bonds. The highest BCUT2D eigenvalue weighted by Crippen LogP contribution is 2.32. The Labute approximate surface area is 125 Å². The van der Waals surface area contributed by atoms with Crippen LogP contribution in [0.4, 0.5) is 4.79 Å². The normalized spacial score (nSPS) is 16.6. The van der Waals surface area contributed by atoms with Crippen LogP contribution in [0.25, 0.3) is 6.08 Å². The molecule has 0 unspecified atom stereocenters. The molecule has 110 valence electrons. The molecule has 6 nitrogen and oxygen atoms in total. The number of imide groups is 1. The summed E-state index contributed by atoms with van der Waals surface area (Å²) in [6.45, 7) is 1.46. The van der Waals surface area contributed by atoms with Crippen LogP contribution in [0, 0.1) is 0 Å². The molecule has 21 heavy (non-hydrogen) atoms. The second-order valence-electron chi connectivity index (χ2n) is 4.16. The molecule has 2 rings (SSSR count). The number of esters is 1. The summed E-state index contributed by atoms with van der Waals surface area (Å²) in [6.07, 6.45) is 1.54. The number of phenolic OH excluding ortho intramolecular Hbond substituents is 1. The highest BCUT2D eigenvalue weighted by atomic mass is 32.2. The summed E-state index contributed by atoms with van der Waals surface area (Å²) in [5.74, 6) is -1.03. The zero-order valence-corrected chi connectivity index (χ0v) is 12.1. The molecular formula is C14H13NO5S. The van der Waals surface area contributed by atoms with E-state index in [4.69, 9.17) is 4.74 Å². The summed E-state index contributed by atoms with van der Waals surface area (Å²) in [6, 6.07) is 6.20. The number of aromatic hydroxyl groups is 1. The molecule has 0 aromatic heterocycles. The number of ether oxygens (including phenoxy) is 1. The predicted molar refractivity (Wildman–Crippen MR) is 77.4 cm³/mol. The SMILES string of the molecule is CCOC(=O)CN1C(=O)S/C(=C\c2ccc(O)cc2)C1=O. The van der Waals surface area contributed by atoms with Crippen molar-refractivity contribution in [2.45, 2.75) is 6.92 Å². The van der Waals surface area contributed by atoms with Gasteiger partial charge in [0.1, 0.15) is 12.3 Å². The van der Waals surface area contributed by atoms with Crippen LogP contribution in [0.2, 0.25) is 0 Å². The Balaban J connectivity index is 2.13. The van der Waals surface area contributed by atoms with E-state index in [9.17, 15) is 19.5 Å². The molecule has 1 aliphatic heterocycles. The van der Waals surface area contributed by atoms with Gasteiger partial charge in [-0.3, -0.25) is 19.3 Å². The summed E-state index contributed by atoms with van der Waals surface area (Å²) in [7, 11) is 0. The third-order valence-electron chi connectivity index (χ3n) is 2.66. The van der Waals surface area contributed by atoms with Gasteiger partial charge in [-0.25, -0.2) is 0 Å². The molecule has 1 heterocycles. The van der Waals surface area contributed by atoms with Crippen LogP contribution in [0.5, 0.6) is 5.75 Å². The number of amides is 2. The smallest absolute Gasteiger partial charge is 0.326 e. The van der Waals surface area contributed by atoms with Crippen molar-refractivity contribution < 1.29 is 24.2 Å². The van der Waals surface area contributed by atoms with E-state index in [0.29, 0.717) is 5.56 Å². The fourth-order valence-corrected chi connectivity index (χ4v) is 2.53. The topological polar surface area (TPSA) is 83.9 Å². The third kappa shape index (κ3) is 3.63. The number of hydrogen-bond donors (Lipinski definition) is 1. The number of carbonyl (C=O) groups is 3. The Hall–Kier alpha value is -2.28. The molecule has 0 saturated carbocycles. The van der Waals surface area contributed by atoms with Crippen molar-refractivity contribution in [1.29, 1.82) is 0 Å². The van der Waals surface area contributed by atoms with Crippen molar-refractivity contribution in [3.05, 3.63) is 34.7 Å². The lowest BCUT2D eigenvalue weighted by molar-refractivity contribution is -0.145. The number of benzene rings is 1. The summed E-state index contributed by atoms with van der Waals surface area (Å²) in [5, 5.41) is 8.69. The van der Waals surface area contributed by atoms with E-state index in [0.717, 1.165) is 16.7 Å². The highest BCUT2D eigenvalue weighted by molar-refractivity contribution is 8.18. The summed E-state index contributed by atoms with van der Waals surface area (Å²) in [4.78, 5) is 36.3. The molecule has 0 atom stereocenters. The van der Waals surface area contributed by atoms with Gasteiger partial charge in [0.15, 0.2) is 0 Å². The Morgan fingerprint density at radius 1 is 1.33 bits per heavy atom. The summed E-state index contributed by atoms with van der Waals surface area (Å²) < 4.78 is 4.73. The minimum absolute atomic E-state index is 0.113. The van der Waals surface area contributed by atoms with Crippen molar-refractivity contribution in [2.75, 3.05) is 13.2 Å². The van der Waals surface area contributed by atoms with Crippen molar-refractivity contribution in [2.24, 2.45) is 0 Å². The first kappa shape index (κ1) is 15.1. The van der Waals surface area contributed by atoms with Gasteiger partial charge in [0, 0.05) is 0 Å². The van der Waals surface area contributed by atoms with Crippen LogP contribution in [0.3, 0.4) is 0 Å². The van der Waals surface area contributed by atoms with Crippen molar-refractivity contribution in [3.63, 3.8) is 0 Å². The number of nitrogens with zero attached hydrogens (tertiary/aromatic N) is 1. The fourth-order valence-electron chi connectivity index (χ4n) is 1.69. The predicted octanol–water partition coefficient (Wildman–Crippen LogP) is 1.99. The molecule has 1 N–H and O–H groups in total. The van der Waals surface area contributed by atoms with E-state index in [1.54, 1.807) is 19.1 Å². The summed E-state index contributed by atoms with van der Waals surface area (Å²) in [5.41, 5.74) is 0.675. The lowest BCUT2D eigenvalue weighted by Gasteiger charge is -2.10. The third-order valence-corrected chi connectivity index (χ3v) is 3.56. The first-order valence-electron chi connectivity index (χ1n) is 6.21. The van der Waals surface area contributed by atoms with E-state index in [1.807, 2.05) is 0 Å². The standard InChI is InChI=1S/C14H13NO5S/c1-2-20-12(17)8-15-13(18)11(21-14(15)19)7-9-3-5-10(16)6-4-9/h3-7,16H,2,8H2,1H3/b11-7-. The molecule has 1 aliphatic rings. The van der Waals surface area contributed by atoms with E-state index in [-0.39, 0.29) is 23.8 Å². The number of phenols is 1. The molecule has 0 radical (unpaired) electrons. The van der Waals surface area contributed by atoms with Gasteiger partial charge in [0.2, 0.25) is 0 Å². The first-order chi connectivity index (χ1) is 10.0. The minimum Gasteiger partial charge on any atom is -0.508 e. The molecular weight excluding hydrogens is 294 g/mol. The average Bonchev–Trinajstić information content (AvgIpc) is 2.69. The lowest BCUT2D eigenvalue weighted by atomic mass is 10.2. The minimum atomic E-state index is -0.620. The number of carbonyl (C=O) groups excluding carboxylic acids is 3. The van der Waals surface area contributed by atoms with Gasteiger partial charge in [-0.05, 0) is 42.5 Å². The van der Waals surface area contributed by atoms with Gasteiger partial charge in [0.05, 0.1) is 11.5 Å². The maximum Gasteiger partial charge on any atom is 0.326 e. The van der Waals surface area contributed by atoms with E-state index < -0.39 is 17.1 Å². The van der Waals surface area contributed by atoms with E-state index >= 15 is 0 Å². The van der Waals surface area contributed by atoms with Crippen LogP contribution in [-0.2, 0) is 14.3 Å². The molecule has 0 spiro atoms. The van der Waals surface area contributed by atoms with Crippen LogP contribution < -0.4 is 0 Å². The van der Waals surface area contributed by atoms with Gasteiger partial charge in [-0.1, -0.05) is 12.1 Å². The fraction of sp³-hybridized carbons (Fsp3) is 0.214. The van der Waals surface area contributed by atoms with Gasteiger partial charge in [-0.2, -0.15) is 0 Å².